The first kappa shape index (κ1) is 17.4. The van der Waals surface area contributed by atoms with Gasteiger partial charge in [-0.15, -0.1) is 0 Å². The van der Waals surface area contributed by atoms with Crippen molar-refractivity contribution in [3.8, 4) is 5.88 Å². The van der Waals surface area contributed by atoms with Gasteiger partial charge < -0.3 is 14.2 Å². The highest BCUT2D eigenvalue weighted by atomic mass is 16.5. The number of hydrogen-bond acceptors (Lipinski definition) is 6. The number of amides is 1. The summed E-state index contributed by atoms with van der Waals surface area (Å²) in [5.74, 6) is 1.42. The lowest BCUT2D eigenvalue weighted by Gasteiger charge is -2.34. The van der Waals surface area contributed by atoms with Crippen molar-refractivity contribution >= 4 is 5.91 Å². The maximum absolute atomic E-state index is 12.6. The molecule has 25 heavy (non-hydrogen) atoms. The van der Waals surface area contributed by atoms with Crippen LogP contribution in [0, 0.1) is 6.92 Å². The van der Waals surface area contributed by atoms with Gasteiger partial charge in [0.15, 0.2) is 5.76 Å². The zero-order valence-corrected chi connectivity index (χ0v) is 14.9. The summed E-state index contributed by atoms with van der Waals surface area (Å²) in [5, 5.41) is 3.91. The van der Waals surface area contributed by atoms with Gasteiger partial charge in [-0.3, -0.25) is 9.69 Å². The van der Waals surface area contributed by atoms with Crippen LogP contribution in [0.4, 0.5) is 0 Å². The van der Waals surface area contributed by atoms with Gasteiger partial charge in [-0.05, 0) is 26.8 Å². The molecule has 3 rings (SSSR count). The van der Waals surface area contributed by atoms with Gasteiger partial charge in [0.05, 0.1) is 23.9 Å². The molecule has 0 aromatic carbocycles. The van der Waals surface area contributed by atoms with E-state index in [0.717, 1.165) is 31.1 Å². The molecule has 1 fully saturated rings. The number of piperazine rings is 1. The maximum Gasteiger partial charge on any atom is 0.255 e. The Kier molecular flexibility index (Phi) is 5.33. The largest absolute Gasteiger partial charge is 0.475 e. The molecule has 7 heteroatoms. The van der Waals surface area contributed by atoms with Crippen LogP contribution >= 0.6 is 0 Å². The van der Waals surface area contributed by atoms with Crippen LogP contribution in [0.2, 0.25) is 0 Å². The van der Waals surface area contributed by atoms with Crippen molar-refractivity contribution in [2.24, 2.45) is 0 Å². The minimum atomic E-state index is 0.0127. The molecule has 1 amide bonds. The predicted molar refractivity (Wildman–Crippen MR) is 92.4 cm³/mol. The highest BCUT2D eigenvalue weighted by Crippen LogP contribution is 2.14. The monoisotopic (exact) mass is 344 g/mol. The highest BCUT2D eigenvalue weighted by Gasteiger charge is 2.23. The van der Waals surface area contributed by atoms with Gasteiger partial charge in [-0.1, -0.05) is 5.16 Å². The van der Waals surface area contributed by atoms with Gasteiger partial charge in [0.1, 0.15) is 0 Å². The number of pyridine rings is 1. The summed E-state index contributed by atoms with van der Waals surface area (Å²) in [6.07, 6.45) is 1.65. The molecule has 2 aromatic heterocycles. The summed E-state index contributed by atoms with van der Waals surface area (Å²) < 4.78 is 10.8. The van der Waals surface area contributed by atoms with Crippen LogP contribution < -0.4 is 4.74 Å². The fraction of sp³-hybridized carbons (Fsp3) is 0.500. The molecule has 0 N–H and O–H groups in total. The summed E-state index contributed by atoms with van der Waals surface area (Å²) in [5.41, 5.74) is 1.48. The second-order valence-electron chi connectivity index (χ2n) is 6.55. The quantitative estimate of drug-likeness (QED) is 0.827. The van der Waals surface area contributed by atoms with E-state index in [1.54, 1.807) is 18.3 Å². The molecule has 0 bridgehead atoms. The summed E-state index contributed by atoms with van der Waals surface area (Å²) >= 11 is 0. The second-order valence-corrected chi connectivity index (χ2v) is 6.55. The van der Waals surface area contributed by atoms with E-state index in [4.69, 9.17) is 9.26 Å². The van der Waals surface area contributed by atoms with Crippen molar-refractivity contribution < 1.29 is 14.1 Å². The molecule has 3 heterocycles. The molecule has 0 aliphatic carbocycles. The van der Waals surface area contributed by atoms with Gasteiger partial charge in [-0.2, -0.15) is 0 Å². The molecule has 1 saturated heterocycles. The van der Waals surface area contributed by atoms with Crippen LogP contribution in [0.25, 0.3) is 0 Å². The first-order valence-electron chi connectivity index (χ1n) is 8.58. The minimum Gasteiger partial charge on any atom is -0.475 e. The zero-order chi connectivity index (χ0) is 17.8. The standard InChI is InChI=1S/C18H24N4O3/c1-13(2)24-17-5-4-15(11-19-17)18(23)22-8-6-21(7-9-22)12-16-10-14(3)20-25-16/h4-5,10-11,13H,6-9,12H2,1-3H3. The fourth-order valence-corrected chi connectivity index (χ4v) is 2.82. The first-order chi connectivity index (χ1) is 12.0. The van der Waals surface area contributed by atoms with Gasteiger partial charge in [0.25, 0.3) is 5.91 Å². The lowest BCUT2D eigenvalue weighted by atomic mass is 10.2. The Hall–Kier alpha value is -2.41. The molecule has 7 nitrogen and oxygen atoms in total. The van der Waals surface area contributed by atoms with Crippen molar-refractivity contribution in [3.05, 3.63) is 41.4 Å². The molecule has 0 radical (unpaired) electrons. The Morgan fingerprint density at radius 1 is 1.28 bits per heavy atom. The summed E-state index contributed by atoms with van der Waals surface area (Å²) in [4.78, 5) is 20.9. The van der Waals surface area contributed by atoms with E-state index in [2.05, 4.69) is 15.0 Å². The number of carbonyl (C=O) groups is 1. The number of rotatable bonds is 5. The van der Waals surface area contributed by atoms with E-state index >= 15 is 0 Å². The van der Waals surface area contributed by atoms with E-state index in [1.165, 1.54) is 0 Å². The third-order valence-electron chi connectivity index (χ3n) is 4.06. The van der Waals surface area contributed by atoms with Gasteiger partial charge >= 0.3 is 0 Å². The molecule has 0 saturated carbocycles. The number of hydrogen-bond donors (Lipinski definition) is 0. The highest BCUT2D eigenvalue weighted by molar-refractivity contribution is 5.94. The van der Waals surface area contributed by atoms with Crippen LogP contribution in [0.5, 0.6) is 5.88 Å². The molecule has 0 atom stereocenters. The van der Waals surface area contributed by atoms with Crippen molar-refractivity contribution in [1.29, 1.82) is 0 Å². The van der Waals surface area contributed by atoms with Crippen molar-refractivity contribution in [3.63, 3.8) is 0 Å². The average Bonchev–Trinajstić information content (AvgIpc) is 3.00. The van der Waals surface area contributed by atoms with E-state index in [1.807, 2.05) is 31.7 Å². The molecular weight excluding hydrogens is 320 g/mol. The number of aromatic nitrogens is 2. The fourth-order valence-electron chi connectivity index (χ4n) is 2.82. The molecule has 2 aromatic rings. The third kappa shape index (κ3) is 4.57. The SMILES string of the molecule is Cc1cc(CN2CCN(C(=O)c3ccc(OC(C)C)nc3)CC2)on1. The minimum absolute atomic E-state index is 0.0127. The van der Waals surface area contributed by atoms with Crippen molar-refractivity contribution in [1.82, 2.24) is 19.9 Å². The third-order valence-corrected chi connectivity index (χ3v) is 4.06. The lowest BCUT2D eigenvalue weighted by Crippen LogP contribution is -2.48. The molecule has 1 aliphatic rings. The van der Waals surface area contributed by atoms with Crippen molar-refractivity contribution in [2.75, 3.05) is 26.2 Å². The molecule has 134 valence electrons. The van der Waals surface area contributed by atoms with Crippen LogP contribution in [0.3, 0.4) is 0 Å². The van der Waals surface area contributed by atoms with E-state index in [-0.39, 0.29) is 12.0 Å². The summed E-state index contributed by atoms with van der Waals surface area (Å²) in [6.45, 7) is 9.54. The molecule has 1 aliphatic heterocycles. The topological polar surface area (TPSA) is 71.7 Å². The predicted octanol–water partition coefficient (Wildman–Crippen LogP) is 2.12. The zero-order valence-electron chi connectivity index (χ0n) is 14.9. The number of nitrogens with zero attached hydrogens (tertiary/aromatic N) is 4. The molecule has 0 unspecified atom stereocenters. The van der Waals surface area contributed by atoms with Gasteiger partial charge in [0, 0.05) is 44.5 Å². The Bertz CT molecular complexity index is 703. The maximum atomic E-state index is 12.6. The molecule has 0 spiro atoms. The smallest absolute Gasteiger partial charge is 0.255 e. The number of aryl methyl sites for hydroxylation is 1. The van der Waals surface area contributed by atoms with E-state index in [0.29, 0.717) is 24.5 Å². The van der Waals surface area contributed by atoms with Crippen LogP contribution in [0.15, 0.2) is 28.9 Å². The number of carbonyl (C=O) groups excluding carboxylic acids is 1. The van der Waals surface area contributed by atoms with Crippen molar-refractivity contribution in [2.45, 2.75) is 33.4 Å². The average molecular weight is 344 g/mol. The summed E-state index contributed by atoms with van der Waals surface area (Å²) in [7, 11) is 0. The van der Waals surface area contributed by atoms with E-state index < -0.39 is 0 Å². The Balaban J connectivity index is 1.52. The van der Waals surface area contributed by atoms with E-state index in [9.17, 15) is 4.79 Å². The van der Waals surface area contributed by atoms with Crippen LogP contribution in [-0.2, 0) is 6.54 Å². The Morgan fingerprint density at radius 2 is 2.04 bits per heavy atom. The normalized spacial score (nSPS) is 15.6. The Morgan fingerprint density at radius 3 is 2.60 bits per heavy atom. The van der Waals surface area contributed by atoms with Crippen LogP contribution in [-0.4, -0.2) is 58.1 Å². The first-order valence-corrected chi connectivity index (χ1v) is 8.58. The van der Waals surface area contributed by atoms with Gasteiger partial charge in [-0.25, -0.2) is 4.98 Å². The van der Waals surface area contributed by atoms with Gasteiger partial charge in [0.2, 0.25) is 5.88 Å². The lowest BCUT2D eigenvalue weighted by molar-refractivity contribution is 0.0617. The van der Waals surface area contributed by atoms with Crippen LogP contribution in [0.1, 0.15) is 35.7 Å². The molecular formula is C18H24N4O3. The number of ether oxygens (including phenoxy) is 1. The Labute approximate surface area is 147 Å². The second kappa shape index (κ2) is 7.65. The summed E-state index contributed by atoms with van der Waals surface area (Å²) in [6, 6.07) is 5.47.